The molecule has 1 aromatic rings. The highest BCUT2D eigenvalue weighted by molar-refractivity contribution is 5.67. The molecule has 19 heavy (non-hydrogen) atoms. The highest BCUT2D eigenvalue weighted by atomic mass is 19.2. The molecule has 0 amide bonds. The Balaban J connectivity index is 2.93. The van der Waals surface area contributed by atoms with Crippen LogP contribution in [0.2, 0.25) is 0 Å². The third-order valence-corrected chi connectivity index (χ3v) is 2.36. The topological polar surface area (TPSA) is 49.3 Å². The van der Waals surface area contributed by atoms with E-state index in [1.54, 1.807) is 0 Å². The zero-order valence-electron chi connectivity index (χ0n) is 9.74. The first kappa shape index (κ1) is 15.2. The maximum absolute atomic E-state index is 13.2. The van der Waals surface area contributed by atoms with Crippen molar-refractivity contribution in [2.45, 2.75) is 13.3 Å². The standard InChI is InChI=1S/C11H10F5NO2/c1-4(2-5(18)19)3-17-11-9(15)7(13)6(12)8(14)10(11)16/h4,17H,2-3H2,1H3,(H,18,19). The van der Waals surface area contributed by atoms with Crippen LogP contribution < -0.4 is 5.32 Å². The molecule has 0 aliphatic carbocycles. The Morgan fingerprint density at radius 1 is 1.05 bits per heavy atom. The van der Waals surface area contributed by atoms with Gasteiger partial charge in [0.05, 0.1) is 0 Å². The molecule has 0 fully saturated rings. The van der Waals surface area contributed by atoms with Crippen molar-refractivity contribution in [3.8, 4) is 0 Å². The minimum absolute atomic E-state index is 0.245. The number of halogens is 5. The Morgan fingerprint density at radius 3 is 1.89 bits per heavy atom. The van der Waals surface area contributed by atoms with E-state index >= 15 is 0 Å². The quantitative estimate of drug-likeness (QED) is 0.496. The van der Waals surface area contributed by atoms with Crippen molar-refractivity contribution in [2.75, 3.05) is 11.9 Å². The van der Waals surface area contributed by atoms with Gasteiger partial charge in [0.2, 0.25) is 5.82 Å². The predicted molar refractivity (Wildman–Crippen MR) is 56.1 cm³/mol. The van der Waals surface area contributed by atoms with E-state index in [1.165, 1.54) is 6.92 Å². The predicted octanol–water partition coefficient (Wildman–Crippen LogP) is 2.90. The van der Waals surface area contributed by atoms with Gasteiger partial charge in [0.15, 0.2) is 23.3 Å². The second-order valence-corrected chi connectivity index (χ2v) is 4.03. The second kappa shape index (κ2) is 5.85. The van der Waals surface area contributed by atoms with Gasteiger partial charge in [0, 0.05) is 13.0 Å². The largest absolute Gasteiger partial charge is 0.481 e. The molecule has 1 atom stereocenters. The van der Waals surface area contributed by atoms with Crippen molar-refractivity contribution in [1.29, 1.82) is 0 Å². The summed E-state index contributed by atoms with van der Waals surface area (Å²) < 4.78 is 64.9. The van der Waals surface area contributed by atoms with Gasteiger partial charge in [0.25, 0.3) is 0 Å². The summed E-state index contributed by atoms with van der Waals surface area (Å²) in [6.45, 7) is 1.21. The van der Waals surface area contributed by atoms with Gasteiger partial charge in [-0.15, -0.1) is 0 Å². The molecule has 106 valence electrons. The van der Waals surface area contributed by atoms with Crippen LogP contribution in [0.4, 0.5) is 27.6 Å². The first-order chi connectivity index (χ1) is 8.75. The fourth-order valence-electron chi connectivity index (χ4n) is 1.41. The van der Waals surface area contributed by atoms with E-state index in [9.17, 15) is 26.7 Å². The summed E-state index contributed by atoms with van der Waals surface area (Å²) in [7, 11) is 0. The monoisotopic (exact) mass is 283 g/mol. The Labute approximate surface area is 105 Å². The Kier molecular flexibility index (Phi) is 4.68. The smallest absolute Gasteiger partial charge is 0.303 e. The lowest BCUT2D eigenvalue weighted by Gasteiger charge is -2.13. The summed E-state index contributed by atoms with van der Waals surface area (Å²) in [4.78, 5) is 10.4. The van der Waals surface area contributed by atoms with E-state index in [0.717, 1.165) is 0 Å². The molecule has 1 rings (SSSR count). The minimum atomic E-state index is -2.24. The number of rotatable bonds is 5. The SMILES string of the molecule is CC(CNc1c(F)c(F)c(F)c(F)c1F)CC(=O)O. The van der Waals surface area contributed by atoms with E-state index in [0.29, 0.717) is 0 Å². The van der Waals surface area contributed by atoms with Crippen LogP contribution in [-0.4, -0.2) is 17.6 Å². The summed E-state index contributed by atoms with van der Waals surface area (Å²) in [6, 6.07) is 0. The summed E-state index contributed by atoms with van der Waals surface area (Å²) in [5.41, 5.74) is -1.16. The lowest BCUT2D eigenvalue weighted by molar-refractivity contribution is -0.137. The number of aliphatic carboxylic acids is 1. The molecule has 0 aliphatic rings. The van der Waals surface area contributed by atoms with Crippen LogP contribution in [0, 0.1) is 35.0 Å². The first-order valence-corrected chi connectivity index (χ1v) is 5.22. The van der Waals surface area contributed by atoms with Crippen LogP contribution in [0.15, 0.2) is 0 Å². The Morgan fingerprint density at radius 2 is 1.47 bits per heavy atom. The molecule has 3 nitrogen and oxygen atoms in total. The van der Waals surface area contributed by atoms with Gasteiger partial charge in [-0.1, -0.05) is 6.92 Å². The number of anilines is 1. The molecule has 1 unspecified atom stereocenters. The van der Waals surface area contributed by atoms with E-state index < -0.39 is 46.7 Å². The van der Waals surface area contributed by atoms with Crippen molar-refractivity contribution in [2.24, 2.45) is 5.92 Å². The second-order valence-electron chi connectivity index (χ2n) is 4.03. The van der Waals surface area contributed by atoms with Gasteiger partial charge in [0.1, 0.15) is 5.69 Å². The maximum Gasteiger partial charge on any atom is 0.303 e. The van der Waals surface area contributed by atoms with Crippen molar-refractivity contribution in [3.63, 3.8) is 0 Å². The van der Waals surface area contributed by atoms with Gasteiger partial charge >= 0.3 is 5.97 Å². The van der Waals surface area contributed by atoms with Gasteiger partial charge < -0.3 is 10.4 Å². The third kappa shape index (κ3) is 3.33. The van der Waals surface area contributed by atoms with Gasteiger partial charge in [-0.05, 0) is 5.92 Å². The molecular formula is C11H10F5NO2. The summed E-state index contributed by atoms with van der Waals surface area (Å²) >= 11 is 0. The van der Waals surface area contributed by atoms with E-state index in [-0.39, 0.29) is 13.0 Å². The average molecular weight is 283 g/mol. The number of carboxylic acids is 1. The number of carbonyl (C=O) groups is 1. The molecule has 0 bridgehead atoms. The first-order valence-electron chi connectivity index (χ1n) is 5.22. The van der Waals surface area contributed by atoms with Crippen molar-refractivity contribution < 1.29 is 31.9 Å². The molecule has 0 aromatic heterocycles. The molecule has 0 heterocycles. The van der Waals surface area contributed by atoms with E-state index in [2.05, 4.69) is 0 Å². The minimum Gasteiger partial charge on any atom is -0.481 e. The Hall–Kier alpha value is -1.86. The van der Waals surface area contributed by atoms with Crippen LogP contribution in [-0.2, 0) is 4.79 Å². The summed E-state index contributed by atoms with van der Waals surface area (Å²) in [5, 5.41) is 10.5. The van der Waals surface area contributed by atoms with Crippen molar-refractivity contribution >= 4 is 11.7 Å². The van der Waals surface area contributed by atoms with Gasteiger partial charge in [-0.3, -0.25) is 4.79 Å². The Bertz CT molecular complexity index is 477. The molecule has 1 aromatic carbocycles. The van der Waals surface area contributed by atoms with E-state index in [4.69, 9.17) is 5.11 Å². The third-order valence-electron chi connectivity index (χ3n) is 2.36. The van der Waals surface area contributed by atoms with Crippen molar-refractivity contribution in [3.05, 3.63) is 29.1 Å². The summed E-state index contributed by atoms with van der Waals surface area (Å²) in [6.07, 6.45) is -0.303. The number of benzene rings is 1. The van der Waals surface area contributed by atoms with Crippen LogP contribution in [0.25, 0.3) is 0 Å². The van der Waals surface area contributed by atoms with Gasteiger partial charge in [-0.2, -0.15) is 0 Å². The molecule has 2 N–H and O–H groups in total. The average Bonchev–Trinajstić information content (AvgIpc) is 2.33. The number of carboxylic acid groups (broad SMARTS) is 1. The molecule has 0 saturated heterocycles. The molecule has 0 spiro atoms. The number of hydrogen-bond acceptors (Lipinski definition) is 2. The lowest BCUT2D eigenvalue weighted by atomic mass is 10.1. The molecule has 0 radical (unpaired) electrons. The van der Waals surface area contributed by atoms with Gasteiger partial charge in [-0.25, -0.2) is 22.0 Å². The van der Waals surface area contributed by atoms with Crippen molar-refractivity contribution in [1.82, 2.24) is 0 Å². The zero-order chi connectivity index (χ0) is 14.7. The molecule has 0 aliphatic heterocycles. The fraction of sp³-hybridized carbons (Fsp3) is 0.364. The number of hydrogen-bond donors (Lipinski definition) is 2. The lowest BCUT2D eigenvalue weighted by Crippen LogP contribution is -2.18. The highest BCUT2D eigenvalue weighted by Crippen LogP contribution is 2.27. The van der Waals surface area contributed by atoms with Crippen LogP contribution in [0.1, 0.15) is 13.3 Å². The maximum atomic E-state index is 13.2. The zero-order valence-corrected chi connectivity index (χ0v) is 9.74. The molecule has 0 saturated carbocycles. The highest BCUT2D eigenvalue weighted by Gasteiger charge is 2.25. The fourth-order valence-corrected chi connectivity index (χ4v) is 1.41. The summed E-state index contributed by atoms with van der Waals surface area (Å²) in [5.74, 6) is -12.0. The van der Waals surface area contributed by atoms with Crippen LogP contribution in [0.3, 0.4) is 0 Å². The molecule has 8 heteroatoms. The van der Waals surface area contributed by atoms with E-state index in [1.807, 2.05) is 5.32 Å². The normalized spacial score (nSPS) is 12.3. The molecular weight excluding hydrogens is 273 g/mol. The van der Waals surface area contributed by atoms with Crippen LogP contribution in [0.5, 0.6) is 0 Å². The van der Waals surface area contributed by atoms with Crippen LogP contribution >= 0.6 is 0 Å². The number of nitrogens with one attached hydrogen (secondary N) is 1.